The maximum atomic E-state index is 12.6. The molecule has 3 atom stereocenters. The van der Waals surface area contributed by atoms with E-state index in [1.54, 1.807) is 4.31 Å². The van der Waals surface area contributed by atoms with E-state index in [9.17, 15) is 13.2 Å². The summed E-state index contributed by atoms with van der Waals surface area (Å²) in [4.78, 5) is 14.5. The molecule has 3 saturated heterocycles. The molecule has 1 saturated carbocycles. The van der Waals surface area contributed by atoms with E-state index in [4.69, 9.17) is 4.74 Å². The molecule has 0 spiro atoms. The monoisotopic (exact) mass is 314 g/mol. The van der Waals surface area contributed by atoms with Crippen molar-refractivity contribution in [3.63, 3.8) is 0 Å². The molecular weight excluding hydrogens is 292 g/mol. The zero-order valence-electron chi connectivity index (χ0n) is 12.1. The Morgan fingerprint density at radius 1 is 1.10 bits per heavy atom. The molecule has 0 aromatic carbocycles. The van der Waals surface area contributed by atoms with Crippen molar-refractivity contribution in [1.82, 2.24) is 9.21 Å². The highest BCUT2D eigenvalue weighted by molar-refractivity contribution is 7.90. The van der Waals surface area contributed by atoms with Gasteiger partial charge in [0.25, 0.3) is 0 Å². The first kappa shape index (κ1) is 14.0. The van der Waals surface area contributed by atoms with Crippen molar-refractivity contribution >= 4 is 15.9 Å². The fourth-order valence-electron chi connectivity index (χ4n) is 3.84. The van der Waals surface area contributed by atoms with Crippen LogP contribution in [0.25, 0.3) is 0 Å². The molecule has 2 bridgehead atoms. The van der Waals surface area contributed by atoms with Crippen LogP contribution < -0.4 is 0 Å². The Hall–Kier alpha value is -0.660. The molecule has 0 radical (unpaired) electrons. The lowest BCUT2D eigenvalue weighted by molar-refractivity contribution is -0.136. The minimum Gasteiger partial charge on any atom is -0.371 e. The maximum Gasteiger partial charge on any atom is 0.228 e. The molecule has 6 nitrogen and oxygen atoms in total. The number of likely N-dealkylation sites (tertiary alicyclic amines) is 1. The van der Waals surface area contributed by atoms with Gasteiger partial charge in [-0.25, -0.2) is 8.42 Å². The zero-order valence-corrected chi connectivity index (χ0v) is 12.9. The Labute approximate surface area is 125 Å². The zero-order chi connectivity index (χ0) is 14.6. The average molecular weight is 314 g/mol. The van der Waals surface area contributed by atoms with Crippen molar-refractivity contribution in [2.24, 2.45) is 5.92 Å². The number of hydrogen-bond acceptors (Lipinski definition) is 4. The third-order valence-electron chi connectivity index (χ3n) is 5.16. The fourth-order valence-corrected chi connectivity index (χ4v) is 5.72. The van der Waals surface area contributed by atoms with Crippen LogP contribution in [-0.2, 0) is 19.6 Å². The number of carbonyl (C=O) groups is 1. The molecule has 3 aliphatic heterocycles. The lowest BCUT2D eigenvalue weighted by Crippen LogP contribution is -2.49. The Morgan fingerprint density at radius 2 is 1.81 bits per heavy atom. The Morgan fingerprint density at radius 3 is 2.48 bits per heavy atom. The number of rotatable bonds is 3. The Kier molecular flexibility index (Phi) is 3.28. The van der Waals surface area contributed by atoms with Gasteiger partial charge in [-0.1, -0.05) is 0 Å². The average Bonchev–Trinajstić information content (AvgIpc) is 3.12. The molecule has 7 heteroatoms. The number of ether oxygens (including phenoxy) is 1. The summed E-state index contributed by atoms with van der Waals surface area (Å²) < 4.78 is 32.2. The fraction of sp³-hybridized carbons (Fsp3) is 0.929. The van der Waals surface area contributed by atoms with E-state index in [-0.39, 0.29) is 29.3 Å². The normalized spacial score (nSPS) is 37.1. The third-order valence-corrected chi connectivity index (χ3v) is 7.50. The van der Waals surface area contributed by atoms with Crippen LogP contribution >= 0.6 is 0 Å². The molecule has 4 aliphatic rings. The summed E-state index contributed by atoms with van der Waals surface area (Å²) in [7, 11) is -3.15. The molecule has 0 unspecified atom stereocenters. The quantitative estimate of drug-likeness (QED) is 0.746. The van der Waals surface area contributed by atoms with Crippen molar-refractivity contribution in [2.45, 2.75) is 49.6 Å². The summed E-state index contributed by atoms with van der Waals surface area (Å²) in [6.45, 7) is 2.48. The Balaban J connectivity index is 1.48. The number of nitrogens with zero attached hydrogens (tertiary/aromatic N) is 2. The molecule has 21 heavy (non-hydrogen) atoms. The highest BCUT2D eigenvalue weighted by atomic mass is 32.2. The van der Waals surface area contributed by atoms with E-state index >= 15 is 0 Å². The molecule has 1 aliphatic carbocycles. The van der Waals surface area contributed by atoms with E-state index < -0.39 is 10.0 Å². The van der Waals surface area contributed by atoms with E-state index in [1.165, 1.54) is 0 Å². The van der Waals surface area contributed by atoms with Crippen LogP contribution in [0.4, 0.5) is 0 Å². The molecular formula is C14H22N2O4S. The van der Waals surface area contributed by atoms with Crippen LogP contribution in [0.15, 0.2) is 0 Å². The van der Waals surface area contributed by atoms with Gasteiger partial charge in [0.05, 0.1) is 23.4 Å². The molecule has 0 N–H and O–H groups in total. The summed E-state index contributed by atoms with van der Waals surface area (Å²) in [6, 6.07) is 0. The van der Waals surface area contributed by atoms with Gasteiger partial charge < -0.3 is 9.64 Å². The van der Waals surface area contributed by atoms with Gasteiger partial charge >= 0.3 is 0 Å². The molecule has 4 fully saturated rings. The first-order valence-corrected chi connectivity index (χ1v) is 9.49. The molecule has 4 rings (SSSR count). The van der Waals surface area contributed by atoms with Crippen LogP contribution in [0.2, 0.25) is 0 Å². The smallest absolute Gasteiger partial charge is 0.228 e. The third kappa shape index (κ3) is 2.39. The molecule has 0 aromatic heterocycles. The second kappa shape index (κ2) is 4.93. The minimum absolute atomic E-state index is 0.103. The highest BCUT2D eigenvalue weighted by Gasteiger charge is 2.51. The van der Waals surface area contributed by atoms with E-state index in [0.29, 0.717) is 19.5 Å². The number of amides is 1. The summed E-state index contributed by atoms with van der Waals surface area (Å²) in [5.41, 5.74) is 0. The molecule has 1 amide bonds. The van der Waals surface area contributed by atoms with E-state index in [0.717, 1.165) is 38.8 Å². The van der Waals surface area contributed by atoms with Crippen LogP contribution in [0, 0.1) is 5.92 Å². The molecule has 0 aromatic rings. The van der Waals surface area contributed by atoms with Crippen LogP contribution in [0.5, 0.6) is 0 Å². The highest BCUT2D eigenvalue weighted by Crippen LogP contribution is 2.38. The van der Waals surface area contributed by atoms with E-state index in [2.05, 4.69) is 0 Å². The summed E-state index contributed by atoms with van der Waals surface area (Å²) in [5, 5.41) is -0.178. The number of sulfonamides is 1. The largest absolute Gasteiger partial charge is 0.371 e. The van der Waals surface area contributed by atoms with Gasteiger partial charge in [-0.2, -0.15) is 4.31 Å². The van der Waals surface area contributed by atoms with Gasteiger partial charge in [0.2, 0.25) is 15.9 Å². The summed E-state index contributed by atoms with van der Waals surface area (Å²) in [6.07, 6.45) is 4.05. The number of carbonyl (C=O) groups excluding carboxylic acids is 1. The van der Waals surface area contributed by atoms with Gasteiger partial charge in [0, 0.05) is 26.2 Å². The molecule has 118 valence electrons. The number of fused-ring (bicyclic) bond motifs is 2. The van der Waals surface area contributed by atoms with Gasteiger partial charge in [0.1, 0.15) is 0 Å². The number of hydrogen-bond donors (Lipinski definition) is 0. The van der Waals surface area contributed by atoms with Gasteiger partial charge in [0.15, 0.2) is 0 Å². The summed E-state index contributed by atoms with van der Waals surface area (Å²) >= 11 is 0. The standard InChI is InChI=1S/C14H22N2O4S/c17-14(15-5-1-2-6-15)12-7-10-8-16(9-13(12)20-10)21(18,19)11-3-4-11/h10-13H,1-9H2/t10-,12+,13-/m1/s1. The van der Waals surface area contributed by atoms with Crippen LogP contribution in [0.1, 0.15) is 32.1 Å². The van der Waals surface area contributed by atoms with E-state index in [1.807, 2.05) is 4.90 Å². The maximum absolute atomic E-state index is 12.6. The van der Waals surface area contributed by atoms with Crippen molar-refractivity contribution in [3.05, 3.63) is 0 Å². The SMILES string of the molecule is O=C([C@H]1C[C@@H]2CN(S(=O)(=O)C3CC3)C[C@H]1O2)N1CCCC1. The first-order valence-electron chi connectivity index (χ1n) is 7.99. The minimum atomic E-state index is -3.15. The van der Waals surface area contributed by atoms with Gasteiger partial charge in [-0.15, -0.1) is 0 Å². The predicted molar refractivity (Wildman–Crippen MR) is 76.1 cm³/mol. The summed E-state index contributed by atoms with van der Waals surface area (Å²) in [5.74, 6) is 0.0261. The lowest BCUT2D eigenvalue weighted by atomic mass is 9.99. The lowest BCUT2D eigenvalue weighted by Gasteiger charge is -2.32. The van der Waals surface area contributed by atoms with Gasteiger partial charge in [-0.3, -0.25) is 4.79 Å². The number of morpholine rings is 1. The van der Waals surface area contributed by atoms with Crippen molar-refractivity contribution in [2.75, 3.05) is 26.2 Å². The Bertz CT molecular complexity index is 539. The van der Waals surface area contributed by atoms with Crippen LogP contribution in [0.3, 0.4) is 0 Å². The predicted octanol–water partition coefficient (Wildman–Crippen LogP) is 0.190. The second-order valence-corrected chi connectivity index (χ2v) is 8.95. The van der Waals surface area contributed by atoms with Crippen molar-refractivity contribution < 1.29 is 17.9 Å². The van der Waals surface area contributed by atoms with Crippen molar-refractivity contribution in [1.29, 1.82) is 0 Å². The second-order valence-electron chi connectivity index (χ2n) is 6.73. The van der Waals surface area contributed by atoms with Gasteiger partial charge in [-0.05, 0) is 32.1 Å². The topological polar surface area (TPSA) is 66.9 Å². The van der Waals surface area contributed by atoms with Crippen LogP contribution in [-0.4, -0.2) is 67.2 Å². The van der Waals surface area contributed by atoms with Crippen molar-refractivity contribution in [3.8, 4) is 0 Å². The first-order chi connectivity index (χ1) is 10.1. The molecule has 3 heterocycles.